The summed E-state index contributed by atoms with van der Waals surface area (Å²) in [5.74, 6) is -0.952. The Hall–Kier alpha value is -1.78. The van der Waals surface area contributed by atoms with E-state index in [1.165, 1.54) is 19.5 Å². The van der Waals surface area contributed by atoms with Crippen LogP contribution < -0.4 is 5.43 Å². The number of aromatic nitrogens is 4. The van der Waals surface area contributed by atoms with Crippen molar-refractivity contribution in [1.29, 1.82) is 0 Å². The molecule has 0 spiro atoms. The van der Waals surface area contributed by atoms with Gasteiger partial charge in [0.25, 0.3) is 5.91 Å². The van der Waals surface area contributed by atoms with Gasteiger partial charge in [-0.3, -0.25) is 9.89 Å². The molecule has 0 unspecified atom stereocenters. The predicted octanol–water partition coefficient (Wildman–Crippen LogP) is 0.959. The smallest absolute Gasteiger partial charge is 0.272 e. The molecule has 2 heterocycles. The number of nitrogens with one attached hydrogen (secondary N) is 2. The number of rotatable bonds is 3. The molecule has 2 rings (SSSR count). The molecule has 0 atom stereocenters. The van der Waals surface area contributed by atoms with Gasteiger partial charge in [-0.15, -0.1) is 0 Å². The SMILES string of the molecule is Cc1nn(C)c(F)c1C=NNC(=O)c1[nH]ncc1I. The fourth-order valence-electron chi connectivity index (χ4n) is 1.44. The number of aryl methyl sites for hydroxylation is 2. The second-order valence-corrected chi connectivity index (χ2v) is 4.87. The molecule has 0 saturated heterocycles. The van der Waals surface area contributed by atoms with Gasteiger partial charge in [0.2, 0.25) is 5.95 Å². The van der Waals surface area contributed by atoms with Gasteiger partial charge in [0, 0.05) is 7.05 Å². The molecule has 9 heteroatoms. The van der Waals surface area contributed by atoms with Crippen molar-refractivity contribution in [2.45, 2.75) is 6.92 Å². The van der Waals surface area contributed by atoms with Crippen LogP contribution in [-0.2, 0) is 7.05 Å². The molecule has 7 nitrogen and oxygen atoms in total. The van der Waals surface area contributed by atoms with Crippen molar-refractivity contribution in [2.24, 2.45) is 12.1 Å². The van der Waals surface area contributed by atoms with Gasteiger partial charge in [0.05, 0.1) is 27.2 Å². The van der Waals surface area contributed by atoms with Crippen molar-refractivity contribution in [3.05, 3.63) is 32.7 Å². The van der Waals surface area contributed by atoms with Crippen LogP contribution in [0.25, 0.3) is 0 Å². The minimum absolute atomic E-state index is 0.238. The number of H-pyrrole nitrogens is 1. The molecule has 0 aliphatic heterocycles. The first kappa shape index (κ1) is 13.6. The first-order valence-corrected chi connectivity index (χ1v) is 6.30. The van der Waals surface area contributed by atoms with Gasteiger partial charge in [-0.1, -0.05) is 0 Å². The summed E-state index contributed by atoms with van der Waals surface area (Å²) < 4.78 is 15.3. The molecule has 2 aromatic heterocycles. The molecule has 0 aliphatic carbocycles. The van der Waals surface area contributed by atoms with Crippen LogP contribution in [0.5, 0.6) is 0 Å². The van der Waals surface area contributed by atoms with Gasteiger partial charge in [-0.25, -0.2) is 10.1 Å². The summed E-state index contributed by atoms with van der Waals surface area (Å²) >= 11 is 1.97. The van der Waals surface area contributed by atoms with Gasteiger partial charge < -0.3 is 0 Å². The topological polar surface area (TPSA) is 88.0 Å². The summed E-state index contributed by atoms with van der Waals surface area (Å²) in [4.78, 5) is 11.7. The third-order valence-electron chi connectivity index (χ3n) is 2.38. The normalized spacial score (nSPS) is 11.2. The van der Waals surface area contributed by atoms with E-state index in [1.54, 1.807) is 6.92 Å². The molecule has 100 valence electrons. The van der Waals surface area contributed by atoms with Crippen LogP contribution in [0, 0.1) is 16.4 Å². The number of nitrogens with zero attached hydrogens (tertiary/aromatic N) is 4. The molecule has 1 amide bonds. The zero-order chi connectivity index (χ0) is 14.0. The van der Waals surface area contributed by atoms with Crippen molar-refractivity contribution >= 4 is 34.7 Å². The van der Waals surface area contributed by atoms with Crippen LogP contribution in [0.15, 0.2) is 11.3 Å². The highest BCUT2D eigenvalue weighted by Crippen LogP contribution is 2.09. The molecule has 0 saturated carbocycles. The van der Waals surface area contributed by atoms with Gasteiger partial charge in [0.15, 0.2) is 0 Å². The van der Waals surface area contributed by atoms with Crippen molar-refractivity contribution in [3.8, 4) is 0 Å². The standard InChI is InChI=1S/C10H10FIN6O/c1-5-6(9(11)18(2)17-5)3-13-16-10(19)8-7(12)4-14-15-8/h3-4H,1-2H3,(H,14,15)(H,16,19). The molecule has 0 radical (unpaired) electrons. The summed E-state index contributed by atoms with van der Waals surface area (Å²) in [6.45, 7) is 1.66. The highest BCUT2D eigenvalue weighted by molar-refractivity contribution is 14.1. The van der Waals surface area contributed by atoms with Gasteiger partial charge >= 0.3 is 0 Å². The molecule has 0 fully saturated rings. The molecule has 0 aromatic carbocycles. The molecular formula is C10H10FIN6O. The number of amides is 1. The maximum absolute atomic E-state index is 13.6. The number of hydrazone groups is 1. The zero-order valence-electron chi connectivity index (χ0n) is 10.1. The van der Waals surface area contributed by atoms with Crippen LogP contribution in [0.4, 0.5) is 4.39 Å². The van der Waals surface area contributed by atoms with Gasteiger partial charge in [-0.2, -0.15) is 19.7 Å². The van der Waals surface area contributed by atoms with Gasteiger partial charge in [0.1, 0.15) is 5.69 Å². The fourth-order valence-corrected chi connectivity index (χ4v) is 1.94. The number of carbonyl (C=O) groups excluding carboxylic acids is 1. The second-order valence-electron chi connectivity index (χ2n) is 3.71. The van der Waals surface area contributed by atoms with Crippen LogP contribution in [0.3, 0.4) is 0 Å². The lowest BCUT2D eigenvalue weighted by Gasteiger charge is -1.96. The monoisotopic (exact) mass is 376 g/mol. The third-order valence-corrected chi connectivity index (χ3v) is 3.19. The second kappa shape index (κ2) is 5.47. The average Bonchev–Trinajstić information content (AvgIpc) is 2.88. The third kappa shape index (κ3) is 2.80. The summed E-state index contributed by atoms with van der Waals surface area (Å²) in [5, 5.41) is 13.9. The highest BCUT2D eigenvalue weighted by atomic mass is 127. The van der Waals surface area contributed by atoms with Crippen LogP contribution in [0.2, 0.25) is 0 Å². The quantitative estimate of drug-likeness (QED) is 0.475. The van der Waals surface area contributed by atoms with Gasteiger partial charge in [-0.05, 0) is 29.5 Å². The summed E-state index contributed by atoms with van der Waals surface area (Å²) in [5.41, 5.74) is 3.33. The van der Waals surface area contributed by atoms with Crippen LogP contribution in [0.1, 0.15) is 21.7 Å². The lowest BCUT2D eigenvalue weighted by atomic mass is 10.3. The lowest BCUT2D eigenvalue weighted by Crippen LogP contribution is -2.19. The van der Waals surface area contributed by atoms with Crippen molar-refractivity contribution in [3.63, 3.8) is 0 Å². The van der Waals surface area contributed by atoms with Crippen molar-refractivity contribution < 1.29 is 9.18 Å². The van der Waals surface area contributed by atoms with Crippen LogP contribution >= 0.6 is 22.6 Å². The van der Waals surface area contributed by atoms with E-state index in [4.69, 9.17) is 0 Å². The molecule has 2 N–H and O–H groups in total. The largest absolute Gasteiger partial charge is 0.290 e. The first-order chi connectivity index (χ1) is 9.00. The Bertz CT molecular complexity index is 646. The van der Waals surface area contributed by atoms with E-state index < -0.39 is 11.9 Å². The highest BCUT2D eigenvalue weighted by Gasteiger charge is 2.12. The lowest BCUT2D eigenvalue weighted by molar-refractivity contribution is 0.0949. The number of hydrogen-bond acceptors (Lipinski definition) is 4. The maximum atomic E-state index is 13.6. The summed E-state index contributed by atoms with van der Waals surface area (Å²) in [6, 6.07) is 0. The first-order valence-electron chi connectivity index (χ1n) is 5.22. The van der Waals surface area contributed by atoms with E-state index in [-0.39, 0.29) is 5.56 Å². The van der Waals surface area contributed by atoms with Crippen molar-refractivity contribution in [1.82, 2.24) is 25.4 Å². The molecule has 2 aromatic rings. The molecule has 19 heavy (non-hydrogen) atoms. The molecule has 0 bridgehead atoms. The Labute approximate surface area is 121 Å². The summed E-state index contributed by atoms with van der Waals surface area (Å²) in [6.07, 6.45) is 2.74. The Kier molecular flexibility index (Phi) is 3.93. The van der Waals surface area contributed by atoms with E-state index in [0.29, 0.717) is 15.0 Å². The number of carbonyl (C=O) groups is 1. The average molecular weight is 376 g/mol. The Morgan fingerprint density at radius 2 is 2.42 bits per heavy atom. The van der Waals surface area contributed by atoms with E-state index in [0.717, 1.165) is 4.68 Å². The van der Waals surface area contributed by atoms with E-state index in [9.17, 15) is 9.18 Å². The summed E-state index contributed by atoms with van der Waals surface area (Å²) in [7, 11) is 1.49. The minimum atomic E-state index is -0.508. The Morgan fingerprint density at radius 1 is 1.68 bits per heavy atom. The van der Waals surface area contributed by atoms with E-state index in [2.05, 4.69) is 25.8 Å². The van der Waals surface area contributed by atoms with Crippen molar-refractivity contribution in [2.75, 3.05) is 0 Å². The molecular weight excluding hydrogens is 366 g/mol. The van der Waals surface area contributed by atoms with E-state index in [1.807, 2.05) is 22.6 Å². The zero-order valence-corrected chi connectivity index (χ0v) is 12.3. The number of hydrogen-bond donors (Lipinski definition) is 2. The maximum Gasteiger partial charge on any atom is 0.290 e. The Morgan fingerprint density at radius 3 is 2.95 bits per heavy atom. The number of aromatic amines is 1. The Balaban J connectivity index is 2.09. The fraction of sp³-hybridized carbons (Fsp3) is 0.200. The van der Waals surface area contributed by atoms with E-state index >= 15 is 0 Å². The number of halogens is 2. The predicted molar refractivity (Wildman–Crippen MR) is 74.3 cm³/mol. The molecule has 0 aliphatic rings. The minimum Gasteiger partial charge on any atom is -0.272 e. The van der Waals surface area contributed by atoms with Crippen LogP contribution in [-0.4, -0.2) is 32.1 Å².